The van der Waals surface area contributed by atoms with Crippen molar-refractivity contribution < 1.29 is 19.5 Å². The molecule has 1 aliphatic heterocycles. The lowest BCUT2D eigenvalue weighted by Crippen LogP contribution is -2.49. The Kier molecular flexibility index (Phi) is 6.42. The van der Waals surface area contributed by atoms with Crippen LogP contribution in [0.25, 0.3) is 11.1 Å². The molecule has 2 unspecified atom stereocenters. The highest BCUT2D eigenvalue weighted by Gasteiger charge is 2.39. The van der Waals surface area contributed by atoms with Crippen LogP contribution in [-0.4, -0.2) is 46.4 Å². The molecule has 3 aromatic rings. The SMILES string of the molecule is O=C1CC(C(=O)NC(O)Cc2ccccc2)N(C(=O)c2ccc(-c3ccccc3)cc2)C1. The Morgan fingerprint density at radius 1 is 0.906 bits per heavy atom. The summed E-state index contributed by atoms with van der Waals surface area (Å²) in [7, 11) is 0. The van der Waals surface area contributed by atoms with E-state index in [-0.39, 0.29) is 31.1 Å². The number of likely N-dealkylation sites (tertiary alicyclic amines) is 1. The first-order valence-corrected chi connectivity index (χ1v) is 10.5. The lowest BCUT2D eigenvalue weighted by atomic mass is 10.0. The highest BCUT2D eigenvalue weighted by molar-refractivity contribution is 6.04. The van der Waals surface area contributed by atoms with Crippen molar-refractivity contribution >= 4 is 17.6 Å². The first kappa shape index (κ1) is 21.5. The van der Waals surface area contributed by atoms with Crippen LogP contribution in [0.15, 0.2) is 84.9 Å². The molecular weight excluding hydrogens is 404 g/mol. The van der Waals surface area contributed by atoms with Crippen LogP contribution in [0.1, 0.15) is 22.3 Å². The minimum atomic E-state index is -1.11. The second kappa shape index (κ2) is 9.58. The van der Waals surface area contributed by atoms with Gasteiger partial charge >= 0.3 is 0 Å². The minimum Gasteiger partial charge on any atom is -0.373 e. The summed E-state index contributed by atoms with van der Waals surface area (Å²) in [5, 5.41) is 12.8. The number of carbonyl (C=O) groups is 3. The Morgan fingerprint density at radius 2 is 1.50 bits per heavy atom. The third-order valence-electron chi connectivity index (χ3n) is 5.53. The van der Waals surface area contributed by atoms with Gasteiger partial charge in [0.05, 0.1) is 6.54 Å². The number of hydrogen-bond donors (Lipinski definition) is 2. The predicted octanol–water partition coefficient (Wildman–Crippen LogP) is 2.81. The van der Waals surface area contributed by atoms with Crippen molar-refractivity contribution in [2.45, 2.75) is 25.1 Å². The van der Waals surface area contributed by atoms with Crippen LogP contribution >= 0.6 is 0 Å². The molecule has 3 aromatic carbocycles. The van der Waals surface area contributed by atoms with Crippen LogP contribution in [0.5, 0.6) is 0 Å². The normalized spacial score (nSPS) is 16.6. The van der Waals surface area contributed by atoms with Crippen molar-refractivity contribution in [2.75, 3.05) is 6.54 Å². The van der Waals surface area contributed by atoms with E-state index in [1.54, 1.807) is 12.1 Å². The van der Waals surface area contributed by atoms with Gasteiger partial charge < -0.3 is 15.3 Å². The number of aliphatic hydroxyl groups is 1. The third-order valence-corrected chi connectivity index (χ3v) is 5.53. The Hall–Kier alpha value is -3.77. The molecule has 1 heterocycles. The van der Waals surface area contributed by atoms with E-state index in [1.807, 2.05) is 72.8 Å². The van der Waals surface area contributed by atoms with Gasteiger partial charge in [-0.1, -0.05) is 72.8 Å². The Morgan fingerprint density at radius 3 is 2.16 bits per heavy atom. The average Bonchev–Trinajstić information content (AvgIpc) is 3.22. The van der Waals surface area contributed by atoms with E-state index in [0.717, 1.165) is 16.7 Å². The van der Waals surface area contributed by atoms with E-state index in [9.17, 15) is 19.5 Å². The molecule has 162 valence electrons. The van der Waals surface area contributed by atoms with Gasteiger partial charge in [-0.05, 0) is 28.8 Å². The number of nitrogens with one attached hydrogen (secondary N) is 1. The van der Waals surface area contributed by atoms with Crippen molar-refractivity contribution in [1.82, 2.24) is 10.2 Å². The Bertz CT molecular complexity index is 1100. The van der Waals surface area contributed by atoms with Crippen molar-refractivity contribution in [3.63, 3.8) is 0 Å². The molecule has 6 nitrogen and oxygen atoms in total. The summed E-state index contributed by atoms with van der Waals surface area (Å²) >= 11 is 0. The summed E-state index contributed by atoms with van der Waals surface area (Å²) in [6, 6.07) is 25.2. The fourth-order valence-corrected chi connectivity index (χ4v) is 3.89. The predicted molar refractivity (Wildman–Crippen MR) is 121 cm³/mol. The lowest BCUT2D eigenvalue weighted by Gasteiger charge is -2.24. The number of nitrogens with zero attached hydrogens (tertiary/aromatic N) is 1. The van der Waals surface area contributed by atoms with E-state index in [1.165, 1.54) is 4.90 Å². The molecule has 4 rings (SSSR count). The molecule has 6 heteroatoms. The summed E-state index contributed by atoms with van der Waals surface area (Å²) < 4.78 is 0. The molecule has 0 aromatic heterocycles. The number of amides is 2. The largest absolute Gasteiger partial charge is 0.373 e. The number of hydrogen-bond acceptors (Lipinski definition) is 4. The van der Waals surface area contributed by atoms with Crippen LogP contribution in [0.4, 0.5) is 0 Å². The fourth-order valence-electron chi connectivity index (χ4n) is 3.89. The number of rotatable bonds is 6. The van der Waals surface area contributed by atoms with Gasteiger partial charge in [0.1, 0.15) is 12.3 Å². The molecule has 0 aliphatic carbocycles. The topological polar surface area (TPSA) is 86.7 Å². The first-order valence-electron chi connectivity index (χ1n) is 10.5. The Labute approximate surface area is 186 Å². The van der Waals surface area contributed by atoms with Gasteiger partial charge in [-0.2, -0.15) is 0 Å². The van der Waals surface area contributed by atoms with E-state index < -0.39 is 18.2 Å². The van der Waals surface area contributed by atoms with Crippen LogP contribution in [-0.2, 0) is 16.0 Å². The zero-order valence-electron chi connectivity index (χ0n) is 17.5. The molecule has 32 heavy (non-hydrogen) atoms. The number of Topliss-reactive ketones (excluding diaryl/α,β-unsaturated/α-hetero) is 1. The molecule has 1 fully saturated rings. The van der Waals surface area contributed by atoms with Gasteiger partial charge in [0.2, 0.25) is 5.91 Å². The third kappa shape index (κ3) is 4.92. The molecule has 0 saturated carbocycles. The van der Waals surface area contributed by atoms with E-state index in [0.29, 0.717) is 5.56 Å². The molecule has 0 bridgehead atoms. The van der Waals surface area contributed by atoms with Gasteiger partial charge in [-0.25, -0.2) is 0 Å². The first-order chi connectivity index (χ1) is 15.5. The maximum absolute atomic E-state index is 13.1. The molecule has 0 spiro atoms. The second-order valence-corrected chi connectivity index (χ2v) is 7.85. The molecule has 2 amide bonds. The van der Waals surface area contributed by atoms with Crippen molar-refractivity contribution in [1.29, 1.82) is 0 Å². The van der Waals surface area contributed by atoms with Crippen molar-refractivity contribution in [3.05, 3.63) is 96.1 Å². The van der Waals surface area contributed by atoms with Gasteiger partial charge in [0, 0.05) is 18.4 Å². The molecule has 1 aliphatic rings. The molecule has 2 N–H and O–H groups in total. The van der Waals surface area contributed by atoms with E-state index >= 15 is 0 Å². The van der Waals surface area contributed by atoms with Crippen LogP contribution in [0, 0.1) is 0 Å². The monoisotopic (exact) mass is 428 g/mol. The average molecular weight is 428 g/mol. The number of carbonyl (C=O) groups excluding carboxylic acids is 3. The molecule has 0 radical (unpaired) electrons. The zero-order chi connectivity index (χ0) is 22.5. The van der Waals surface area contributed by atoms with E-state index in [2.05, 4.69) is 5.32 Å². The Balaban J connectivity index is 1.44. The maximum Gasteiger partial charge on any atom is 0.254 e. The van der Waals surface area contributed by atoms with E-state index in [4.69, 9.17) is 0 Å². The highest BCUT2D eigenvalue weighted by Crippen LogP contribution is 2.22. The maximum atomic E-state index is 13.1. The van der Waals surface area contributed by atoms with Crippen molar-refractivity contribution in [3.8, 4) is 11.1 Å². The summed E-state index contributed by atoms with van der Waals surface area (Å²) in [4.78, 5) is 39.2. The smallest absolute Gasteiger partial charge is 0.254 e. The fraction of sp³-hybridized carbons (Fsp3) is 0.192. The van der Waals surface area contributed by atoms with Gasteiger partial charge in [-0.15, -0.1) is 0 Å². The van der Waals surface area contributed by atoms with Crippen LogP contribution in [0.2, 0.25) is 0 Å². The molecule has 2 atom stereocenters. The lowest BCUT2D eigenvalue weighted by molar-refractivity contribution is -0.128. The number of benzene rings is 3. The number of ketones is 1. The minimum absolute atomic E-state index is 0.0578. The zero-order valence-corrected chi connectivity index (χ0v) is 17.5. The summed E-state index contributed by atoms with van der Waals surface area (Å²) in [5.74, 6) is -1.10. The quantitative estimate of drug-likeness (QED) is 0.591. The number of aliphatic hydroxyl groups excluding tert-OH is 1. The molecular formula is C26H24N2O4. The summed E-state index contributed by atoms with van der Waals surface area (Å²) in [6.07, 6.45) is -0.928. The van der Waals surface area contributed by atoms with Gasteiger partial charge in [0.25, 0.3) is 5.91 Å². The summed E-state index contributed by atoms with van der Waals surface area (Å²) in [5.41, 5.74) is 3.28. The molecule has 1 saturated heterocycles. The van der Waals surface area contributed by atoms with Crippen molar-refractivity contribution in [2.24, 2.45) is 0 Å². The highest BCUT2D eigenvalue weighted by atomic mass is 16.3. The second-order valence-electron chi connectivity index (χ2n) is 7.85. The van der Waals surface area contributed by atoms with Gasteiger partial charge in [-0.3, -0.25) is 14.4 Å². The van der Waals surface area contributed by atoms with Crippen LogP contribution < -0.4 is 5.32 Å². The van der Waals surface area contributed by atoms with Gasteiger partial charge in [0.15, 0.2) is 5.78 Å². The standard InChI is InChI=1S/C26H24N2O4/c29-22-16-23(25(31)27-24(30)15-18-7-3-1-4-8-18)28(17-22)26(32)21-13-11-20(12-14-21)19-9-5-2-6-10-19/h1-14,23-24,30H,15-17H2,(H,27,31). The summed E-state index contributed by atoms with van der Waals surface area (Å²) in [6.45, 7) is -0.119. The van der Waals surface area contributed by atoms with Crippen LogP contribution in [0.3, 0.4) is 0 Å².